The van der Waals surface area contributed by atoms with Crippen LogP contribution in [0.4, 0.5) is 0 Å². The zero-order valence-corrected chi connectivity index (χ0v) is 9.57. The first kappa shape index (κ1) is 17.6. The van der Waals surface area contributed by atoms with Gasteiger partial charge in [0.1, 0.15) is 0 Å². The van der Waals surface area contributed by atoms with Crippen LogP contribution < -0.4 is 0 Å². The Bertz CT molecular complexity index is 215. The van der Waals surface area contributed by atoms with Crippen molar-refractivity contribution in [1.29, 1.82) is 0 Å². The molecule has 0 saturated carbocycles. The summed E-state index contributed by atoms with van der Waals surface area (Å²) < 4.78 is 51.7. The van der Waals surface area contributed by atoms with Crippen LogP contribution in [0.15, 0.2) is 0 Å². The molecule has 0 aliphatic rings. The van der Waals surface area contributed by atoms with Crippen LogP contribution in [-0.2, 0) is 41.3 Å². The Kier molecular flexibility index (Phi) is 9.69. The quantitative estimate of drug-likeness (QED) is 0.517. The maximum atomic E-state index is 9.19. The van der Waals surface area contributed by atoms with Gasteiger partial charge in [-0.2, -0.15) is 16.8 Å². The fraction of sp³-hybridized carbons (Fsp3) is 1.00. The van der Waals surface area contributed by atoms with Crippen molar-refractivity contribution in [3.05, 3.63) is 0 Å². The Labute approximate surface area is 79.8 Å². The predicted molar refractivity (Wildman–Crippen MR) is 34.9 cm³/mol. The van der Waals surface area contributed by atoms with E-state index in [0.29, 0.717) is 12.5 Å². The Morgan fingerprint density at radius 3 is 0.818 bits per heavy atom. The molecule has 0 aliphatic heterocycles. The Hall–Kier alpha value is 0.508. The van der Waals surface area contributed by atoms with Crippen molar-refractivity contribution in [1.82, 2.24) is 0 Å². The second kappa shape index (κ2) is 6.07. The van der Waals surface area contributed by atoms with E-state index in [2.05, 4.69) is 0 Å². The van der Waals surface area contributed by atoms with E-state index in [-0.39, 0.29) is 21.1 Å². The summed E-state index contributed by atoms with van der Waals surface area (Å²) in [5.74, 6) is 0. The molecule has 0 amide bonds. The Morgan fingerprint density at radius 2 is 0.818 bits per heavy atom. The Balaban J connectivity index is -0.000000107. The topological polar surface area (TPSA) is 109 Å². The minimum Gasteiger partial charge on any atom is -0.286 e. The maximum absolute atomic E-state index is 9.19. The van der Waals surface area contributed by atoms with Crippen molar-refractivity contribution in [2.24, 2.45) is 0 Å². The van der Waals surface area contributed by atoms with Gasteiger partial charge >= 0.3 is 0 Å². The monoisotopic (exact) mass is 387 g/mol. The molecule has 0 atom stereocenters. The van der Waals surface area contributed by atoms with Gasteiger partial charge in [0.2, 0.25) is 0 Å². The maximum Gasteiger partial charge on any atom is 0.261 e. The molecule has 11 heavy (non-hydrogen) atoms. The average molecular weight is 387 g/mol. The van der Waals surface area contributed by atoms with E-state index in [4.69, 9.17) is 9.11 Å². The van der Waals surface area contributed by atoms with Gasteiger partial charge in [-0.15, -0.1) is 0 Å². The van der Waals surface area contributed by atoms with Crippen LogP contribution >= 0.6 is 0 Å². The third-order valence-electron chi connectivity index (χ3n) is 0. The molecule has 0 aromatic carbocycles. The molecule has 6 nitrogen and oxygen atoms in total. The molecule has 74 valence electrons. The smallest absolute Gasteiger partial charge is 0.261 e. The van der Waals surface area contributed by atoms with Crippen LogP contribution in [0.1, 0.15) is 0 Å². The second-order valence-corrected chi connectivity index (χ2v) is 4.40. The third-order valence-corrected chi connectivity index (χ3v) is 0. The molecule has 0 radical (unpaired) electrons. The molecule has 0 fully saturated rings. The molecule has 0 aliphatic carbocycles. The van der Waals surface area contributed by atoms with Crippen LogP contribution in [-0.4, -0.2) is 38.5 Å². The molecule has 0 spiro atoms. The van der Waals surface area contributed by atoms with E-state index in [1.807, 2.05) is 0 Å². The number of rotatable bonds is 0. The molecule has 0 saturated heterocycles. The summed E-state index contributed by atoms with van der Waals surface area (Å²) in [6.07, 6.45) is 1.43. The van der Waals surface area contributed by atoms with E-state index in [1.165, 1.54) is 0 Å². The van der Waals surface area contributed by atoms with Gasteiger partial charge in [-0.05, 0) is 0 Å². The van der Waals surface area contributed by atoms with Gasteiger partial charge in [0.25, 0.3) is 20.2 Å². The molecule has 0 heterocycles. The average Bonchev–Trinajstić information content (AvgIpc) is 1.12. The summed E-state index contributed by atoms with van der Waals surface area (Å²) in [6, 6.07) is 0. The largest absolute Gasteiger partial charge is 0.286 e. The second-order valence-electron chi connectivity index (χ2n) is 1.47. The summed E-state index contributed by atoms with van der Waals surface area (Å²) in [6.45, 7) is 0. The van der Waals surface area contributed by atoms with Gasteiger partial charge in [-0.3, -0.25) is 9.11 Å². The van der Waals surface area contributed by atoms with Crippen LogP contribution in [0.25, 0.3) is 0 Å². The van der Waals surface area contributed by atoms with Crippen molar-refractivity contribution < 1.29 is 47.0 Å². The normalized spacial score (nSPS) is 10.5. The van der Waals surface area contributed by atoms with E-state index >= 15 is 0 Å². The minimum absolute atomic E-state index is 0. The summed E-state index contributed by atoms with van der Waals surface area (Å²) in [5, 5.41) is 0. The van der Waals surface area contributed by atoms with Crippen LogP contribution in [0.2, 0.25) is 0 Å². The molecule has 0 bridgehead atoms. The van der Waals surface area contributed by atoms with Crippen LogP contribution in [0.5, 0.6) is 0 Å². The van der Waals surface area contributed by atoms with Gasteiger partial charge in [0.15, 0.2) is 0 Å². The minimum atomic E-state index is -3.67. The predicted octanol–water partition coefficient (Wildman–Crippen LogP) is -0.994. The van der Waals surface area contributed by atoms with Crippen LogP contribution in [0, 0.1) is 0 Å². The summed E-state index contributed by atoms with van der Waals surface area (Å²) in [4.78, 5) is 0. The molecule has 9 heteroatoms. The van der Waals surface area contributed by atoms with Gasteiger partial charge in [0, 0.05) is 21.1 Å². The van der Waals surface area contributed by atoms with Crippen molar-refractivity contribution >= 4 is 20.2 Å². The van der Waals surface area contributed by atoms with E-state index in [0.717, 1.165) is 0 Å². The fourth-order valence-corrected chi connectivity index (χ4v) is 0. The molecular formula is C2H8O6PtS2. The number of hydrogen-bond donors (Lipinski definition) is 2. The van der Waals surface area contributed by atoms with Gasteiger partial charge in [-0.1, -0.05) is 0 Å². The summed E-state index contributed by atoms with van der Waals surface area (Å²) >= 11 is 0. The first-order valence-corrected chi connectivity index (χ1v) is 5.54. The third kappa shape index (κ3) is 2940. The van der Waals surface area contributed by atoms with Gasteiger partial charge in [0.05, 0.1) is 12.5 Å². The summed E-state index contributed by atoms with van der Waals surface area (Å²) in [7, 11) is -7.33. The SMILES string of the molecule is CS(=O)(=O)O.CS(=O)(=O)O.[Pt]. The zero-order chi connectivity index (χ0) is 9.00. The van der Waals surface area contributed by atoms with Crippen molar-refractivity contribution in [2.75, 3.05) is 12.5 Å². The van der Waals surface area contributed by atoms with Crippen molar-refractivity contribution in [3.8, 4) is 0 Å². The van der Waals surface area contributed by atoms with Gasteiger partial charge < -0.3 is 0 Å². The standard InChI is InChI=1S/2CH4O3S.Pt/c2*1-5(2,3)4;/h2*1H3,(H,2,3,4);. The molecule has 2 N–H and O–H groups in total. The van der Waals surface area contributed by atoms with Crippen molar-refractivity contribution in [2.45, 2.75) is 0 Å². The van der Waals surface area contributed by atoms with Crippen LogP contribution in [0.3, 0.4) is 0 Å². The molecule has 0 aromatic heterocycles. The fourth-order valence-electron chi connectivity index (χ4n) is 0. The van der Waals surface area contributed by atoms with Gasteiger partial charge in [-0.25, -0.2) is 0 Å². The summed E-state index contributed by atoms with van der Waals surface area (Å²) in [5.41, 5.74) is 0. The molecular weight excluding hydrogens is 379 g/mol. The van der Waals surface area contributed by atoms with E-state index in [1.54, 1.807) is 0 Å². The first-order chi connectivity index (χ1) is 4.00. The van der Waals surface area contributed by atoms with Crippen molar-refractivity contribution in [3.63, 3.8) is 0 Å². The van der Waals surface area contributed by atoms with E-state index < -0.39 is 20.2 Å². The first-order valence-electron chi connectivity index (χ1n) is 1.85. The molecule has 0 unspecified atom stereocenters. The number of hydrogen-bond acceptors (Lipinski definition) is 4. The van der Waals surface area contributed by atoms with E-state index in [9.17, 15) is 16.8 Å². The Morgan fingerprint density at radius 1 is 0.818 bits per heavy atom. The molecule has 0 rings (SSSR count). The zero-order valence-electron chi connectivity index (χ0n) is 5.66. The molecule has 0 aromatic rings.